The first-order chi connectivity index (χ1) is 7.22. The highest BCUT2D eigenvalue weighted by Crippen LogP contribution is 1.92. The fourth-order valence-electron chi connectivity index (χ4n) is 1.09. The number of nitrogens with one attached hydrogen (secondary N) is 1. The van der Waals surface area contributed by atoms with Gasteiger partial charge in [0.15, 0.2) is 0 Å². The van der Waals surface area contributed by atoms with Crippen LogP contribution in [0.5, 0.6) is 0 Å². The Bertz CT molecular complexity index is 183. The van der Waals surface area contributed by atoms with Gasteiger partial charge in [0.25, 0.3) is 0 Å². The van der Waals surface area contributed by atoms with Crippen molar-refractivity contribution in [3.05, 3.63) is 12.7 Å². The minimum Gasteiger partial charge on any atom is -0.379 e. The molecule has 0 aromatic heterocycles. The van der Waals surface area contributed by atoms with Crippen molar-refractivity contribution in [2.75, 3.05) is 19.8 Å². The van der Waals surface area contributed by atoms with Crippen molar-refractivity contribution in [3.8, 4) is 0 Å². The van der Waals surface area contributed by atoms with Gasteiger partial charge in [0, 0.05) is 6.54 Å². The van der Waals surface area contributed by atoms with Crippen LogP contribution < -0.4 is 11.1 Å². The lowest BCUT2D eigenvalue weighted by Gasteiger charge is -2.10. The second-order valence-electron chi connectivity index (χ2n) is 3.38. The summed E-state index contributed by atoms with van der Waals surface area (Å²) < 4.78 is 5.24. The Morgan fingerprint density at radius 3 is 2.93 bits per heavy atom. The van der Waals surface area contributed by atoms with E-state index in [1.165, 1.54) is 0 Å². The summed E-state index contributed by atoms with van der Waals surface area (Å²) in [5, 5.41) is 2.73. The molecule has 0 aromatic rings. The molecule has 0 saturated heterocycles. The van der Waals surface area contributed by atoms with Gasteiger partial charge in [-0.05, 0) is 12.8 Å². The zero-order valence-electron chi connectivity index (χ0n) is 9.50. The van der Waals surface area contributed by atoms with Gasteiger partial charge in [-0.15, -0.1) is 6.58 Å². The summed E-state index contributed by atoms with van der Waals surface area (Å²) >= 11 is 0. The third kappa shape index (κ3) is 8.15. The second-order valence-corrected chi connectivity index (χ2v) is 3.38. The molecule has 0 aromatic carbocycles. The van der Waals surface area contributed by atoms with Crippen molar-refractivity contribution in [2.24, 2.45) is 5.73 Å². The number of rotatable bonds is 9. The fourth-order valence-corrected chi connectivity index (χ4v) is 1.09. The highest BCUT2D eigenvalue weighted by molar-refractivity contribution is 5.81. The van der Waals surface area contributed by atoms with Crippen LogP contribution in [0.2, 0.25) is 0 Å². The zero-order valence-corrected chi connectivity index (χ0v) is 9.50. The Balaban J connectivity index is 3.34. The van der Waals surface area contributed by atoms with Crippen molar-refractivity contribution >= 4 is 5.91 Å². The number of hydrogen-bond acceptors (Lipinski definition) is 3. The Hall–Kier alpha value is -0.870. The van der Waals surface area contributed by atoms with Crippen LogP contribution in [0, 0.1) is 0 Å². The van der Waals surface area contributed by atoms with Gasteiger partial charge in [0.1, 0.15) is 0 Å². The standard InChI is InChI=1S/C11H22N2O2/c1-3-5-8-15-9-7-13-11(14)10(12)6-4-2/h3,10H,1,4-9,12H2,2H3,(H,13,14)/t10-/m1/s1. The Labute approximate surface area is 91.9 Å². The molecule has 0 aliphatic heterocycles. The van der Waals surface area contributed by atoms with E-state index in [9.17, 15) is 4.79 Å². The number of ether oxygens (including phenoxy) is 1. The molecule has 0 fully saturated rings. The first-order valence-corrected chi connectivity index (χ1v) is 5.44. The van der Waals surface area contributed by atoms with Crippen LogP contribution in [0.1, 0.15) is 26.2 Å². The molecular weight excluding hydrogens is 192 g/mol. The molecule has 0 heterocycles. The summed E-state index contributed by atoms with van der Waals surface area (Å²) in [6, 6.07) is -0.386. The molecule has 1 amide bonds. The first kappa shape index (κ1) is 14.1. The van der Waals surface area contributed by atoms with Crippen molar-refractivity contribution in [3.63, 3.8) is 0 Å². The summed E-state index contributed by atoms with van der Waals surface area (Å²) in [4.78, 5) is 11.3. The van der Waals surface area contributed by atoms with Crippen molar-refractivity contribution < 1.29 is 9.53 Å². The lowest BCUT2D eigenvalue weighted by Crippen LogP contribution is -2.41. The van der Waals surface area contributed by atoms with Gasteiger partial charge in [-0.25, -0.2) is 0 Å². The molecule has 4 nitrogen and oxygen atoms in total. The summed E-state index contributed by atoms with van der Waals surface area (Å²) in [5.74, 6) is -0.0934. The third-order valence-electron chi connectivity index (χ3n) is 1.95. The highest BCUT2D eigenvalue weighted by Gasteiger charge is 2.10. The van der Waals surface area contributed by atoms with Crippen LogP contribution in [0.25, 0.3) is 0 Å². The average Bonchev–Trinajstić information content (AvgIpc) is 2.23. The van der Waals surface area contributed by atoms with Crippen LogP contribution in [0.15, 0.2) is 12.7 Å². The van der Waals surface area contributed by atoms with Gasteiger partial charge in [-0.3, -0.25) is 4.79 Å². The molecule has 15 heavy (non-hydrogen) atoms. The van der Waals surface area contributed by atoms with E-state index in [0.29, 0.717) is 19.8 Å². The Morgan fingerprint density at radius 1 is 1.60 bits per heavy atom. The minimum atomic E-state index is -0.386. The molecule has 0 rings (SSSR count). The van der Waals surface area contributed by atoms with Crippen LogP contribution in [-0.4, -0.2) is 31.7 Å². The smallest absolute Gasteiger partial charge is 0.236 e. The largest absolute Gasteiger partial charge is 0.379 e. The Morgan fingerprint density at radius 2 is 2.33 bits per heavy atom. The number of hydrogen-bond donors (Lipinski definition) is 2. The summed E-state index contributed by atoms with van der Waals surface area (Å²) in [6.07, 6.45) is 4.28. The summed E-state index contributed by atoms with van der Waals surface area (Å²) in [5.41, 5.74) is 5.62. The second kappa shape index (κ2) is 9.68. The first-order valence-electron chi connectivity index (χ1n) is 5.44. The molecule has 88 valence electrons. The van der Waals surface area contributed by atoms with E-state index >= 15 is 0 Å². The summed E-state index contributed by atoms with van der Waals surface area (Å²) in [7, 11) is 0. The quantitative estimate of drug-likeness (QED) is 0.441. The monoisotopic (exact) mass is 214 g/mol. The topological polar surface area (TPSA) is 64.3 Å². The van der Waals surface area contributed by atoms with E-state index in [-0.39, 0.29) is 11.9 Å². The van der Waals surface area contributed by atoms with Crippen LogP contribution in [-0.2, 0) is 9.53 Å². The van der Waals surface area contributed by atoms with E-state index in [2.05, 4.69) is 11.9 Å². The molecule has 3 N–H and O–H groups in total. The maximum atomic E-state index is 11.3. The molecule has 4 heteroatoms. The molecule has 0 aliphatic rings. The molecule has 0 saturated carbocycles. The summed E-state index contributed by atoms with van der Waals surface area (Å²) in [6.45, 7) is 7.29. The third-order valence-corrected chi connectivity index (χ3v) is 1.95. The fraction of sp³-hybridized carbons (Fsp3) is 0.727. The lowest BCUT2D eigenvalue weighted by molar-refractivity contribution is -0.122. The van der Waals surface area contributed by atoms with Crippen LogP contribution in [0.3, 0.4) is 0 Å². The molecule has 0 radical (unpaired) electrons. The molecule has 0 aliphatic carbocycles. The predicted molar refractivity (Wildman–Crippen MR) is 61.5 cm³/mol. The number of carbonyl (C=O) groups is 1. The van der Waals surface area contributed by atoms with Crippen LogP contribution in [0.4, 0.5) is 0 Å². The number of amides is 1. The van der Waals surface area contributed by atoms with Crippen molar-refractivity contribution in [1.82, 2.24) is 5.32 Å². The maximum Gasteiger partial charge on any atom is 0.236 e. The average molecular weight is 214 g/mol. The van der Waals surface area contributed by atoms with Gasteiger partial charge in [0.2, 0.25) is 5.91 Å². The zero-order chi connectivity index (χ0) is 11.5. The van der Waals surface area contributed by atoms with E-state index in [1.54, 1.807) is 6.08 Å². The van der Waals surface area contributed by atoms with Gasteiger partial charge in [-0.1, -0.05) is 19.4 Å². The van der Waals surface area contributed by atoms with E-state index in [0.717, 1.165) is 19.3 Å². The normalized spacial score (nSPS) is 12.1. The minimum absolute atomic E-state index is 0.0934. The Kier molecular flexibility index (Phi) is 9.11. The molecule has 1 atom stereocenters. The van der Waals surface area contributed by atoms with Crippen LogP contribution >= 0.6 is 0 Å². The number of carbonyl (C=O) groups excluding carboxylic acids is 1. The maximum absolute atomic E-state index is 11.3. The molecule has 0 unspecified atom stereocenters. The van der Waals surface area contributed by atoms with E-state index in [1.807, 2.05) is 6.92 Å². The molecule has 0 bridgehead atoms. The van der Waals surface area contributed by atoms with Crippen molar-refractivity contribution in [2.45, 2.75) is 32.2 Å². The van der Waals surface area contributed by atoms with Gasteiger partial charge in [0.05, 0.1) is 19.3 Å². The lowest BCUT2D eigenvalue weighted by atomic mass is 10.2. The predicted octanol–water partition coefficient (Wildman–Crippen LogP) is 0.823. The van der Waals surface area contributed by atoms with Gasteiger partial charge in [-0.2, -0.15) is 0 Å². The van der Waals surface area contributed by atoms with Crippen molar-refractivity contribution in [1.29, 1.82) is 0 Å². The molecular formula is C11H22N2O2. The van der Waals surface area contributed by atoms with Gasteiger partial charge < -0.3 is 15.8 Å². The van der Waals surface area contributed by atoms with E-state index < -0.39 is 0 Å². The van der Waals surface area contributed by atoms with Gasteiger partial charge >= 0.3 is 0 Å². The van der Waals surface area contributed by atoms with E-state index in [4.69, 9.17) is 10.5 Å². The SMILES string of the molecule is C=CCCOCCNC(=O)[C@H](N)CCC. The highest BCUT2D eigenvalue weighted by atomic mass is 16.5. The number of nitrogens with two attached hydrogens (primary N) is 1. The molecule has 0 spiro atoms.